The number of methoxy groups -OCH3 is 1. The third-order valence-electron chi connectivity index (χ3n) is 5.22. The molecule has 1 heterocycles. The second kappa shape index (κ2) is 11.1. The van der Waals surface area contributed by atoms with Crippen molar-refractivity contribution in [1.82, 2.24) is 10.2 Å². The molecule has 0 amide bonds. The van der Waals surface area contributed by atoms with Crippen molar-refractivity contribution in [2.24, 2.45) is 5.92 Å². The minimum absolute atomic E-state index is 0. The van der Waals surface area contributed by atoms with E-state index in [9.17, 15) is 0 Å². The van der Waals surface area contributed by atoms with Crippen molar-refractivity contribution in [3.05, 3.63) is 23.8 Å². The summed E-state index contributed by atoms with van der Waals surface area (Å²) in [5, 5.41) is 3.48. The van der Waals surface area contributed by atoms with Gasteiger partial charge in [0.15, 0.2) is 11.5 Å². The smallest absolute Gasteiger partial charge is 0.161 e. The van der Waals surface area contributed by atoms with Crippen LogP contribution in [0.2, 0.25) is 0 Å². The summed E-state index contributed by atoms with van der Waals surface area (Å²) in [5.74, 6) is 2.49. The highest BCUT2D eigenvalue weighted by Gasteiger charge is 2.32. The second-order valence-corrected chi connectivity index (χ2v) is 6.62. The van der Waals surface area contributed by atoms with Crippen LogP contribution in [-0.2, 0) is 0 Å². The summed E-state index contributed by atoms with van der Waals surface area (Å²) in [6.07, 6.45) is 5.46. The normalized spacial score (nSPS) is 19.6. The molecule has 1 aliphatic heterocycles. The maximum atomic E-state index is 5.81. The van der Waals surface area contributed by atoms with E-state index in [4.69, 9.17) is 9.47 Å². The van der Waals surface area contributed by atoms with E-state index in [0.29, 0.717) is 12.6 Å². The Morgan fingerprint density at radius 1 is 1.12 bits per heavy atom. The van der Waals surface area contributed by atoms with Gasteiger partial charge in [0.05, 0.1) is 13.7 Å². The molecule has 1 saturated heterocycles. The molecular formula is C19H32Cl2N2O2. The molecule has 1 aliphatic carbocycles. The molecule has 25 heavy (non-hydrogen) atoms. The minimum Gasteiger partial charge on any atom is -0.493 e. The zero-order valence-electron chi connectivity index (χ0n) is 15.3. The van der Waals surface area contributed by atoms with Crippen molar-refractivity contribution in [3.8, 4) is 11.5 Å². The molecule has 6 heteroatoms. The molecule has 0 aromatic heterocycles. The summed E-state index contributed by atoms with van der Waals surface area (Å²) in [6, 6.07) is 7.05. The molecule has 0 radical (unpaired) electrons. The molecule has 1 aromatic rings. The Balaban J connectivity index is 0.00000156. The van der Waals surface area contributed by atoms with Crippen LogP contribution in [0.4, 0.5) is 0 Å². The first-order valence-corrected chi connectivity index (χ1v) is 9.09. The van der Waals surface area contributed by atoms with Gasteiger partial charge in [-0.3, -0.25) is 4.90 Å². The number of benzene rings is 1. The molecule has 1 atom stereocenters. The Kier molecular flexibility index (Phi) is 9.95. The van der Waals surface area contributed by atoms with Gasteiger partial charge in [-0.05, 0) is 43.4 Å². The van der Waals surface area contributed by atoms with E-state index in [1.165, 1.54) is 31.2 Å². The highest BCUT2D eigenvalue weighted by Crippen LogP contribution is 2.42. The van der Waals surface area contributed by atoms with E-state index >= 15 is 0 Å². The van der Waals surface area contributed by atoms with E-state index in [1.54, 1.807) is 7.11 Å². The van der Waals surface area contributed by atoms with Gasteiger partial charge in [-0.25, -0.2) is 0 Å². The van der Waals surface area contributed by atoms with Crippen LogP contribution in [0.25, 0.3) is 0 Å². The topological polar surface area (TPSA) is 33.7 Å². The summed E-state index contributed by atoms with van der Waals surface area (Å²) < 4.78 is 11.3. The summed E-state index contributed by atoms with van der Waals surface area (Å²) in [7, 11) is 1.71. The van der Waals surface area contributed by atoms with E-state index < -0.39 is 0 Å². The van der Waals surface area contributed by atoms with Crippen LogP contribution < -0.4 is 14.8 Å². The van der Waals surface area contributed by atoms with Gasteiger partial charge < -0.3 is 14.8 Å². The number of rotatable bonds is 6. The monoisotopic (exact) mass is 390 g/mol. The van der Waals surface area contributed by atoms with Gasteiger partial charge in [0.2, 0.25) is 0 Å². The maximum absolute atomic E-state index is 5.81. The zero-order chi connectivity index (χ0) is 16.1. The Labute approximate surface area is 164 Å². The van der Waals surface area contributed by atoms with Crippen molar-refractivity contribution >= 4 is 24.8 Å². The standard InChI is InChI=1S/C19H30N2O2.2ClH/c1-3-23-18-14-16(8-9-17(18)22-2)19(15-6-4-5-7-15)21-12-10-20-11-13-21;;/h8-9,14-15,19-20H,3-7,10-13H2,1-2H3;2*1H/t19-;;/m1../s1. The molecule has 144 valence electrons. The predicted octanol–water partition coefficient (Wildman–Crippen LogP) is 4.07. The molecule has 4 nitrogen and oxygen atoms in total. The lowest BCUT2D eigenvalue weighted by Crippen LogP contribution is -2.46. The minimum atomic E-state index is 0. The van der Waals surface area contributed by atoms with Crippen molar-refractivity contribution in [2.75, 3.05) is 39.9 Å². The first kappa shape index (κ1) is 22.4. The average molecular weight is 391 g/mol. The van der Waals surface area contributed by atoms with Gasteiger partial charge in [0.25, 0.3) is 0 Å². The van der Waals surface area contributed by atoms with E-state index in [-0.39, 0.29) is 24.8 Å². The number of hydrogen-bond donors (Lipinski definition) is 1. The Hall–Kier alpha value is -0.680. The number of nitrogens with one attached hydrogen (secondary N) is 1. The van der Waals surface area contributed by atoms with Gasteiger partial charge in [0, 0.05) is 32.2 Å². The lowest BCUT2D eigenvalue weighted by molar-refractivity contribution is 0.125. The number of ether oxygens (including phenoxy) is 2. The Morgan fingerprint density at radius 3 is 2.40 bits per heavy atom. The molecule has 0 bridgehead atoms. The average Bonchev–Trinajstić information content (AvgIpc) is 3.11. The van der Waals surface area contributed by atoms with Crippen LogP contribution in [0.3, 0.4) is 0 Å². The van der Waals surface area contributed by atoms with Crippen LogP contribution >= 0.6 is 24.8 Å². The van der Waals surface area contributed by atoms with Crippen molar-refractivity contribution in [2.45, 2.75) is 38.6 Å². The molecule has 0 unspecified atom stereocenters. The second-order valence-electron chi connectivity index (χ2n) is 6.62. The molecule has 1 N–H and O–H groups in total. The molecule has 3 rings (SSSR count). The number of piperazine rings is 1. The van der Waals surface area contributed by atoms with Crippen molar-refractivity contribution < 1.29 is 9.47 Å². The van der Waals surface area contributed by atoms with Crippen molar-refractivity contribution in [3.63, 3.8) is 0 Å². The SMILES string of the molecule is CCOc1cc([C@@H](C2CCCC2)N2CCNCC2)ccc1OC.Cl.Cl. The molecular weight excluding hydrogens is 359 g/mol. The largest absolute Gasteiger partial charge is 0.493 e. The van der Waals surface area contributed by atoms with E-state index in [0.717, 1.165) is 43.6 Å². The van der Waals surface area contributed by atoms with Crippen LogP contribution in [0.15, 0.2) is 18.2 Å². The molecule has 2 aliphatic rings. The first-order valence-electron chi connectivity index (χ1n) is 9.09. The number of hydrogen-bond acceptors (Lipinski definition) is 4. The fraction of sp³-hybridized carbons (Fsp3) is 0.684. The molecule has 1 saturated carbocycles. The van der Waals surface area contributed by atoms with Gasteiger partial charge in [-0.15, -0.1) is 24.8 Å². The quantitative estimate of drug-likeness (QED) is 0.793. The Bertz CT molecular complexity index is 504. The number of nitrogens with zero attached hydrogens (tertiary/aromatic N) is 1. The van der Waals surface area contributed by atoms with E-state index in [1.807, 2.05) is 6.92 Å². The van der Waals surface area contributed by atoms with E-state index in [2.05, 4.69) is 28.4 Å². The summed E-state index contributed by atoms with van der Waals surface area (Å²) in [5.41, 5.74) is 1.39. The summed E-state index contributed by atoms with van der Waals surface area (Å²) in [4.78, 5) is 2.67. The lowest BCUT2D eigenvalue weighted by atomic mass is 9.89. The van der Waals surface area contributed by atoms with Crippen LogP contribution in [-0.4, -0.2) is 44.8 Å². The first-order chi connectivity index (χ1) is 11.3. The molecule has 1 aromatic carbocycles. The summed E-state index contributed by atoms with van der Waals surface area (Å²) >= 11 is 0. The van der Waals surface area contributed by atoms with Gasteiger partial charge in [-0.2, -0.15) is 0 Å². The summed E-state index contributed by atoms with van der Waals surface area (Å²) in [6.45, 7) is 7.15. The van der Waals surface area contributed by atoms with Crippen LogP contribution in [0.1, 0.15) is 44.2 Å². The van der Waals surface area contributed by atoms with Crippen LogP contribution in [0, 0.1) is 5.92 Å². The third kappa shape index (κ3) is 5.40. The fourth-order valence-electron chi connectivity index (χ4n) is 4.16. The predicted molar refractivity (Wildman–Crippen MR) is 108 cm³/mol. The maximum Gasteiger partial charge on any atom is 0.161 e. The molecule has 2 fully saturated rings. The van der Waals surface area contributed by atoms with Crippen LogP contribution in [0.5, 0.6) is 11.5 Å². The van der Waals surface area contributed by atoms with Gasteiger partial charge in [-0.1, -0.05) is 18.9 Å². The van der Waals surface area contributed by atoms with Gasteiger partial charge in [0.1, 0.15) is 0 Å². The highest BCUT2D eigenvalue weighted by molar-refractivity contribution is 5.85. The number of halogens is 2. The molecule has 0 spiro atoms. The van der Waals surface area contributed by atoms with Gasteiger partial charge >= 0.3 is 0 Å². The lowest BCUT2D eigenvalue weighted by Gasteiger charge is -2.38. The highest BCUT2D eigenvalue weighted by atomic mass is 35.5. The zero-order valence-corrected chi connectivity index (χ0v) is 17.0. The Morgan fingerprint density at radius 2 is 1.80 bits per heavy atom. The fourth-order valence-corrected chi connectivity index (χ4v) is 4.16. The third-order valence-corrected chi connectivity index (χ3v) is 5.22. The van der Waals surface area contributed by atoms with Crippen molar-refractivity contribution in [1.29, 1.82) is 0 Å².